The molecule has 0 aromatic heterocycles. The van der Waals surface area contributed by atoms with Crippen LogP contribution >= 0.6 is 22.6 Å². The molecule has 0 aliphatic heterocycles. The molecular formula is C22H20IN3O4S. The second-order valence-corrected chi connectivity index (χ2v) is 9.72. The molecule has 2 N–H and O–H groups in total. The van der Waals surface area contributed by atoms with E-state index < -0.39 is 22.5 Å². The van der Waals surface area contributed by atoms with Gasteiger partial charge in [0.15, 0.2) is 0 Å². The summed E-state index contributed by atoms with van der Waals surface area (Å²) in [6, 6.07) is 21.5. The van der Waals surface area contributed by atoms with Crippen molar-refractivity contribution in [2.45, 2.75) is 11.8 Å². The van der Waals surface area contributed by atoms with Gasteiger partial charge in [0.1, 0.15) is 6.54 Å². The van der Waals surface area contributed by atoms with E-state index in [1.807, 2.05) is 0 Å². The summed E-state index contributed by atoms with van der Waals surface area (Å²) in [5.41, 5.74) is 1.35. The number of benzene rings is 3. The number of hydrogen-bond acceptors (Lipinski definition) is 4. The van der Waals surface area contributed by atoms with E-state index >= 15 is 0 Å². The molecule has 0 saturated heterocycles. The van der Waals surface area contributed by atoms with Crippen LogP contribution in [0.4, 0.5) is 17.1 Å². The maximum absolute atomic E-state index is 13.3. The Morgan fingerprint density at radius 1 is 0.871 bits per heavy atom. The van der Waals surface area contributed by atoms with Gasteiger partial charge in [0.05, 0.1) is 10.6 Å². The summed E-state index contributed by atoms with van der Waals surface area (Å²) in [4.78, 5) is 24.1. The van der Waals surface area contributed by atoms with Crippen LogP contribution in [-0.4, -0.2) is 26.8 Å². The zero-order valence-electron chi connectivity index (χ0n) is 16.6. The Morgan fingerprint density at radius 2 is 1.48 bits per heavy atom. The average Bonchev–Trinajstić information content (AvgIpc) is 2.73. The van der Waals surface area contributed by atoms with Gasteiger partial charge in [-0.1, -0.05) is 24.3 Å². The molecule has 2 amide bonds. The van der Waals surface area contributed by atoms with Crippen molar-refractivity contribution in [2.75, 3.05) is 21.5 Å². The SMILES string of the molecule is CC(=O)Nc1cccc(NC(=O)CN(c2ccc(I)cc2)S(=O)(=O)c2ccccc2)c1. The first-order valence-electron chi connectivity index (χ1n) is 9.26. The number of nitrogens with one attached hydrogen (secondary N) is 2. The smallest absolute Gasteiger partial charge is 0.264 e. The molecule has 3 rings (SSSR count). The van der Waals surface area contributed by atoms with E-state index in [1.165, 1.54) is 19.1 Å². The van der Waals surface area contributed by atoms with Gasteiger partial charge < -0.3 is 10.6 Å². The minimum Gasteiger partial charge on any atom is -0.326 e. The minimum absolute atomic E-state index is 0.0917. The van der Waals surface area contributed by atoms with Crippen LogP contribution in [0.1, 0.15) is 6.92 Å². The lowest BCUT2D eigenvalue weighted by Crippen LogP contribution is -2.38. The predicted octanol–water partition coefficient (Wildman–Crippen LogP) is 4.08. The van der Waals surface area contributed by atoms with E-state index in [4.69, 9.17) is 0 Å². The Balaban J connectivity index is 1.88. The number of hydrogen-bond donors (Lipinski definition) is 2. The standard InChI is InChI=1S/C22H20IN3O4S/c1-16(27)24-18-6-5-7-19(14-18)25-22(28)15-26(20-12-10-17(23)11-13-20)31(29,30)21-8-3-2-4-9-21/h2-14H,15H2,1H3,(H,24,27)(H,25,28). The van der Waals surface area contributed by atoms with Gasteiger partial charge in [0.2, 0.25) is 11.8 Å². The maximum Gasteiger partial charge on any atom is 0.264 e. The first-order chi connectivity index (χ1) is 14.8. The van der Waals surface area contributed by atoms with Crippen molar-refractivity contribution in [1.29, 1.82) is 0 Å². The van der Waals surface area contributed by atoms with Crippen LogP contribution in [0.5, 0.6) is 0 Å². The topological polar surface area (TPSA) is 95.6 Å². The van der Waals surface area contributed by atoms with E-state index in [0.29, 0.717) is 17.1 Å². The third-order valence-electron chi connectivity index (χ3n) is 4.20. The zero-order chi connectivity index (χ0) is 22.4. The molecule has 3 aromatic carbocycles. The Hall–Kier alpha value is -2.92. The number of nitrogens with zero attached hydrogens (tertiary/aromatic N) is 1. The molecule has 0 saturated carbocycles. The van der Waals surface area contributed by atoms with Crippen molar-refractivity contribution in [1.82, 2.24) is 0 Å². The molecule has 9 heteroatoms. The van der Waals surface area contributed by atoms with E-state index in [-0.39, 0.29) is 10.8 Å². The van der Waals surface area contributed by atoms with Crippen molar-refractivity contribution in [3.63, 3.8) is 0 Å². The summed E-state index contributed by atoms with van der Waals surface area (Å²) in [7, 11) is -3.97. The molecule has 0 aliphatic rings. The molecule has 0 atom stereocenters. The average molecular weight is 549 g/mol. The van der Waals surface area contributed by atoms with Gasteiger partial charge in [0, 0.05) is 21.9 Å². The summed E-state index contributed by atoms with van der Waals surface area (Å²) >= 11 is 2.13. The maximum atomic E-state index is 13.3. The number of rotatable bonds is 7. The summed E-state index contributed by atoms with van der Waals surface area (Å²) < 4.78 is 28.6. The molecule has 0 heterocycles. The molecular weight excluding hydrogens is 529 g/mol. The first-order valence-corrected chi connectivity index (χ1v) is 11.8. The Morgan fingerprint density at radius 3 is 2.10 bits per heavy atom. The Labute approximate surface area is 194 Å². The molecule has 160 valence electrons. The number of carbonyl (C=O) groups excluding carboxylic acids is 2. The normalized spacial score (nSPS) is 10.9. The lowest BCUT2D eigenvalue weighted by atomic mass is 10.2. The van der Waals surface area contributed by atoms with Crippen LogP contribution in [0.3, 0.4) is 0 Å². The molecule has 7 nitrogen and oxygen atoms in total. The third kappa shape index (κ3) is 6.05. The Kier molecular flexibility index (Phi) is 7.29. The third-order valence-corrected chi connectivity index (χ3v) is 6.71. The molecule has 31 heavy (non-hydrogen) atoms. The van der Waals surface area contributed by atoms with Crippen molar-refractivity contribution in [2.24, 2.45) is 0 Å². The molecule has 0 unspecified atom stereocenters. The van der Waals surface area contributed by atoms with Crippen LogP contribution in [0.2, 0.25) is 0 Å². The summed E-state index contributed by atoms with van der Waals surface area (Å²) in [6.45, 7) is 0.973. The van der Waals surface area contributed by atoms with Gasteiger partial charge >= 0.3 is 0 Å². The highest BCUT2D eigenvalue weighted by Crippen LogP contribution is 2.25. The summed E-state index contributed by atoms with van der Waals surface area (Å²) in [6.07, 6.45) is 0. The lowest BCUT2D eigenvalue weighted by Gasteiger charge is -2.24. The molecule has 0 radical (unpaired) electrons. The number of anilines is 3. The molecule has 0 bridgehead atoms. The fourth-order valence-corrected chi connectivity index (χ4v) is 4.65. The van der Waals surface area contributed by atoms with Crippen molar-refractivity contribution in [3.8, 4) is 0 Å². The number of sulfonamides is 1. The summed E-state index contributed by atoms with van der Waals surface area (Å²) in [5, 5.41) is 5.33. The summed E-state index contributed by atoms with van der Waals surface area (Å²) in [5.74, 6) is -0.750. The zero-order valence-corrected chi connectivity index (χ0v) is 19.6. The quantitative estimate of drug-likeness (QED) is 0.435. The highest BCUT2D eigenvalue weighted by molar-refractivity contribution is 14.1. The molecule has 3 aromatic rings. The Bertz CT molecular complexity index is 1180. The van der Waals surface area contributed by atoms with Gasteiger partial charge in [0.25, 0.3) is 10.0 Å². The van der Waals surface area contributed by atoms with E-state index in [0.717, 1.165) is 7.88 Å². The first kappa shape index (κ1) is 22.8. The van der Waals surface area contributed by atoms with Gasteiger partial charge in [-0.05, 0) is 77.2 Å². The van der Waals surface area contributed by atoms with E-state index in [1.54, 1.807) is 66.7 Å². The minimum atomic E-state index is -3.97. The highest BCUT2D eigenvalue weighted by Gasteiger charge is 2.27. The number of halogens is 1. The molecule has 0 fully saturated rings. The second-order valence-electron chi connectivity index (χ2n) is 6.61. The number of amides is 2. The van der Waals surface area contributed by atoms with Crippen LogP contribution in [0, 0.1) is 3.57 Å². The van der Waals surface area contributed by atoms with Crippen LogP contribution in [0.25, 0.3) is 0 Å². The predicted molar refractivity (Wildman–Crippen MR) is 130 cm³/mol. The van der Waals surface area contributed by atoms with Crippen LogP contribution < -0.4 is 14.9 Å². The molecule has 0 spiro atoms. The van der Waals surface area contributed by atoms with E-state index in [9.17, 15) is 18.0 Å². The van der Waals surface area contributed by atoms with Gasteiger partial charge in [-0.15, -0.1) is 0 Å². The molecule has 0 aliphatic carbocycles. The van der Waals surface area contributed by atoms with Crippen molar-refractivity contribution < 1.29 is 18.0 Å². The second kappa shape index (κ2) is 9.92. The van der Waals surface area contributed by atoms with Gasteiger partial charge in [-0.3, -0.25) is 13.9 Å². The number of carbonyl (C=O) groups is 2. The van der Waals surface area contributed by atoms with Crippen LogP contribution in [0.15, 0.2) is 83.8 Å². The van der Waals surface area contributed by atoms with Crippen LogP contribution in [-0.2, 0) is 19.6 Å². The fraction of sp³-hybridized carbons (Fsp3) is 0.0909. The van der Waals surface area contributed by atoms with Gasteiger partial charge in [-0.2, -0.15) is 0 Å². The fourth-order valence-electron chi connectivity index (χ4n) is 2.85. The monoisotopic (exact) mass is 549 g/mol. The largest absolute Gasteiger partial charge is 0.326 e. The van der Waals surface area contributed by atoms with Crippen molar-refractivity contribution >= 4 is 61.5 Å². The van der Waals surface area contributed by atoms with Crippen molar-refractivity contribution in [3.05, 3.63) is 82.4 Å². The highest BCUT2D eigenvalue weighted by atomic mass is 127. The van der Waals surface area contributed by atoms with E-state index in [2.05, 4.69) is 33.2 Å². The van der Waals surface area contributed by atoms with Gasteiger partial charge in [-0.25, -0.2) is 8.42 Å². The lowest BCUT2D eigenvalue weighted by molar-refractivity contribution is -0.115.